The summed E-state index contributed by atoms with van der Waals surface area (Å²) in [6, 6.07) is 0.878. The van der Waals surface area contributed by atoms with E-state index in [1.165, 1.54) is 4.68 Å². The Morgan fingerprint density at radius 3 is 3.21 bits per heavy atom. The van der Waals surface area contributed by atoms with Gasteiger partial charge in [-0.05, 0) is 42.2 Å². The number of aromatic nitrogens is 2. The van der Waals surface area contributed by atoms with Crippen LogP contribution in [0.1, 0.15) is 19.8 Å². The van der Waals surface area contributed by atoms with Crippen molar-refractivity contribution in [3.8, 4) is 0 Å². The molecule has 1 fully saturated rings. The number of halogens is 1. The lowest BCUT2D eigenvalue weighted by molar-refractivity contribution is 0.396. The number of nitrogens with zero attached hydrogens (tertiary/aromatic N) is 2. The standard InChI is InChI=1S/C13H19BrN4O/c1-3-6-18-13(19)12(14)11(8-16-18)17-10-4-5-15-9(2)7-10/h3,8-10,15,17H,1,4-7H2,2H3. The van der Waals surface area contributed by atoms with Crippen LogP contribution in [0.4, 0.5) is 5.69 Å². The molecule has 2 unspecified atom stereocenters. The third-order valence-electron chi connectivity index (χ3n) is 3.27. The number of rotatable bonds is 4. The summed E-state index contributed by atoms with van der Waals surface area (Å²) in [4.78, 5) is 12.0. The Bertz CT molecular complexity index is 514. The van der Waals surface area contributed by atoms with Crippen molar-refractivity contribution in [2.45, 2.75) is 38.4 Å². The lowest BCUT2D eigenvalue weighted by Crippen LogP contribution is -2.41. The molecule has 1 aromatic heterocycles. The van der Waals surface area contributed by atoms with Gasteiger partial charge in [-0.1, -0.05) is 6.08 Å². The third kappa shape index (κ3) is 3.45. The van der Waals surface area contributed by atoms with Crippen LogP contribution in [0, 0.1) is 0 Å². The van der Waals surface area contributed by atoms with E-state index in [0.717, 1.165) is 25.1 Å². The van der Waals surface area contributed by atoms with Crippen molar-refractivity contribution in [2.75, 3.05) is 11.9 Å². The van der Waals surface area contributed by atoms with Gasteiger partial charge >= 0.3 is 0 Å². The topological polar surface area (TPSA) is 59.0 Å². The summed E-state index contributed by atoms with van der Waals surface area (Å²) in [7, 11) is 0. The van der Waals surface area contributed by atoms with Crippen LogP contribution in [0.3, 0.4) is 0 Å². The maximum Gasteiger partial charge on any atom is 0.283 e. The minimum atomic E-state index is -0.133. The Hall–Kier alpha value is -1.14. The molecule has 1 aliphatic rings. The highest BCUT2D eigenvalue weighted by Crippen LogP contribution is 2.20. The number of nitrogens with one attached hydrogen (secondary N) is 2. The minimum absolute atomic E-state index is 0.133. The second kappa shape index (κ2) is 6.34. The highest BCUT2D eigenvalue weighted by Gasteiger charge is 2.19. The van der Waals surface area contributed by atoms with Crippen LogP contribution >= 0.6 is 15.9 Å². The van der Waals surface area contributed by atoms with Crippen molar-refractivity contribution < 1.29 is 0 Å². The van der Waals surface area contributed by atoms with E-state index in [9.17, 15) is 4.79 Å². The maximum atomic E-state index is 12.0. The molecule has 104 valence electrons. The summed E-state index contributed by atoms with van der Waals surface area (Å²) in [6.45, 7) is 7.20. The molecule has 1 aliphatic heterocycles. The molecule has 2 heterocycles. The first kappa shape index (κ1) is 14.3. The molecule has 2 rings (SSSR count). The van der Waals surface area contributed by atoms with Gasteiger partial charge in [0.15, 0.2) is 0 Å². The number of hydrogen-bond donors (Lipinski definition) is 2. The van der Waals surface area contributed by atoms with Crippen LogP contribution < -0.4 is 16.2 Å². The summed E-state index contributed by atoms with van der Waals surface area (Å²) in [5.41, 5.74) is 0.635. The molecule has 0 bridgehead atoms. The molecule has 6 heteroatoms. The Morgan fingerprint density at radius 2 is 2.53 bits per heavy atom. The molecular formula is C13H19BrN4O. The van der Waals surface area contributed by atoms with Crippen LogP contribution in [0.15, 0.2) is 28.1 Å². The average Bonchev–Trinajstić information content (AvgIpc) is 2.39. The first-order valence-electron chi connectivity index (χ1n) is 6.48. The monoisotopic (exact) mass is 326 g/mol. The minimum Gasteiger partial charge on any atom is -0.380 e. The fraction of sp³-hybridized carbons (Fsp3) is 0.538. The summed E-state index contributed by atoms with van der Waals surface area (Å²) >= 11 is 3.36. The zero-order valence-electron chi connectivity index (χ0n) is 11.0. The quantitative estimate of drug-likeness (QED) is 0.827. The van der Waals surface area contributed by atoms with Crippen molar-refractivity contribution in [1.29, 1.82) is 0 Å². The number of hydrogen-bond acceptors (Lipinski definition) is 4. The Kier molecular flexibility index (Phi) is 4.76. The number of allylic oxidation sites excluding steroid dienone is 1. The van der Waals surface area contributed by atoms with E-state index < -0.39 is 0 Å². The van der Waals surface area contributed by atoms with Gasteiger partial charge in [0.05, 0.1) is 18.4 Å². The van der Waals surface area contributed by atoms with Gasteiger partial charge in [-0.2, -0.15) is 5.10 Å². The van der Waals surface area contributed by atoms with E-state index in [4.69, 9.17) is 0 Å². The normalized spacial score (nSPS) is 23.1. The van der Waals surface area contributed by atoms with Gasteiger partial charge in [-0.25, -0.2) is 4.68 Å². The maximum absolute atomic E-state index is 12.0. The molecule has 0 aliphatic carbocycles. The number of piperidine rings is 1. The van der Waals surface area contributed by atoms with Crippen molar-refractivity contribution in [3.05, 3.63) is 33.7 Å². The fourth-order valence-corrected chi connectivity index (χ4v) is 2.72. The zero-order chi connectivity index (χ0) is 13.8. The molecule has 0 aromatic carbocycles. The highest BCUT2D eigenvalue weighted by molar-refractivity contribution is 9.10. The van der Waals surface area contributed by atoms with E-state index >= 15 is 0 Å². The molecule has 2 atom stereocenters. The third-order valence-corrected chi connectivity index (χ3v) is 4.04. The van der Waals surface area contributed by atoms with Crippen LogP contribution in [-0.2, 0) is 6.54 Å². The van der Waals surface area contributed by atoms with Crippen LogP contribution in [0.2, 0.25) is 0 Å². The van der Waals surface area contributed by atoms with Crippen LogP contribution in [0.5, 0.6) is 0 Å². The Labute approximate surface area is 121 Å². The predicted molar refractivity (Wildman–Crippen MR) is 80.5 cm³/mol. The SMILES string of the molecule is C=CCn1ncc(NC2CCNC(C)C2)c(Br)c1=O. The largest absolute Gasteiger partial charge is 0.380 e. The second-order valence-electron chi connectivity index (χ2n) is 4.87. The molecule has 0 spiro atoms. The molecule has 0 amide bonds. The molecule has 1 aromatic rings. The summed E-state index contributed by atoms with van der Waals surface area (Å²) in [6.07, 6.45) is 5.44. The van der Waals surface area contributed by atoms with Gasteiger partial charge in [-0.3, -0.25) is 4.79 Å². The van der Waals surface area contributed by atoms with Crippen LogP contribution in [-0.4, -0.2) is 28.4 Å². The second-order valence-corrected chi connectivity index (χ2v) is 5.66. The van der Waals surface area contributed by atoms with Gasteiger partial charge in [0.25, 0.3) is 5.56 Å². The lowest BCUT2D eigenvalue weighted by Gasteiger charge is -2.29. The van der Waals surface area contributed by atoms with Crippen LogP contribution in [0.25, 0.3) is 0 Å². The first-order chi connectivity index (χ1) is 9.11. The van der Waals surface area contributed by atoms with E-state index in [0.29, 0.717) is 23.1 Å². The molecule has 5 nitrogen and oxygen atoms in total. The zero-order valence-corrected chi connectivity index (χ0v) is 12.6. The molecule has 1 saturated heterocycles. The first-order valence-corrected chi connectivity index (χ1v) is 7.27. The fourth-order valence-electron chi connectivity index (χ4n) is 2.30. The van der Waals surface area contributed by atoms with Gasteiger partial charge in [0.1, 0.15) is 4.47 Å². The van der Waals surface area contributed by atoms with Gasteiger partial charge in [0, 0.05) is 12.1 Å². The summed E-state index contributed by atoms with van der Waals surface area (Å²) in [5, 5.41) is 10.9. The van der Waals surface area contributed by atoms with E-state index in [2.05, 4.69) is 45.2 Å². The van der Waals surface area contributed by atoms with E-state index in [-0.39, 0.29) is 5.56 Å². The molecular weight excluding hydrogens is 308 g/mol. The molecule has 0 radical (unpaired) electrons. The van der Waals surface area contributed by atoms with E-state index in [1.54, 1.807) is 12.3 Å². The van der Waals surface area contributed by atoms with Gasteiger partial charge in [0.2, 0.25) is 0 Å². The lowest BCUT2D eigenvalue weighted by atomic mass is 10.0. The smallest absolute Gasteiger partial charge is 0.283 e. The summed E-state index contributed by atoms with van der Waals surface area (Å²) < 4.78 is 1.92. The molecule has 19 heavy (non-hydrogen) atoms. The van der Waals surface area contributed by atoms with Crippen molar-refractivity contribution in [2.24, 2.45) is 0 Å². The van der Waals surface area contributed by atoms with Gasteiger partial charge in [-0.15, -0.1) is 6.58 Å². The number of anilines is 1. The average molecular weight is 327 g/mol. The van der Waals surface area contributed by atoms with Crippen molar-refractivity contribution >= 4 is 21.6 Å². The Morgan fingerprint density at radius 1 is 1.74 bits per heavy atom. The molecule has 0 saturated carbocycles. The highest BCUT2D eigenvalue weighted by atomic mass is 79.9. The summed E-state index contributed by atoms with van der Waals surface area (Å²) in [5.74, 6) is 0. The van der Waals surface area contributed by atoms with Crippen molar-refractivity contribution in [3.63, 3.8) is 0 Å². The molecule has 2 N–H and O–H groups in total. The van der Waals surface area contributed by atoms with Crippen molar-refractivity contribution in [1.82, 2.24) is 15.1 Å². The van der Waals surface area contributed by atoms with Gasteiger partial charge < -0.3 is 10.6 Å². The predicted octanol–water partition coefficient (Wildman–Crippen LogP) is 1.74. The van der Waals surface area contributed by atoms with E-state index in [1.807, 2.05) is 0 Å². The Balaban J connectivity index is 2.14.